The summed E-state index contributed by atoms with van der Waals surface area (Å²) in [6.07, 6.45) is 4.07. The standard InChI is InChI=1S/C25H31ClN2O3/c1-2-31-25(29)20-30-18-6-5-13-27-14-16-28(17-15-27)19-22-7-3-4-8-24(22)21-9-11-23(26)12-10-21/h3-12H,2,13-20H2,1H3. The smallest absolute Gasteiger partial charge is 0.332 e. The first-order valence-corrected chi connectivity index (χ1v) is 11.2. The van der Waals surface area contributed by atoms with Crippen molar-refractivity contribution in [2.45, 2.75) is 13.5 Å². The fourth-order valence-electron chi connectivity index (χ4n) is 3.64. The van der Waals surface area contributed by atoms with Crippen LogP contribution in [-0.4, -0.2) is 68.3 Å². The Kier molecular flexibility index (Phi) is 9.56. The molecule has 0 aromatic heterocycles. The summed E-state index contributed by atoms with van der Waals surface area (Å²) in [6.45, 7) is 8.63. The van der Waals surface area contributed by atoms with Crippen molar-refractivity contribution >= 4 is 17.6 Å². The van der Waals surface area contributed by atoms with Gasteiger partial charge in [-0.25, -0.2) is 4.79 Å². The van der Waals surface area contributed by atoms with Crippen LogP contribution >= 0.6 is 11.6 Å². The SMILES string of the molecule is CCOC(=O)COCC=CCN1CCN(Cc2ccccc2-c2ccc(Cl)cc2)CC1. The molecule has 0 aliphatic carbocycles. The molecule has 0 radical (unpaired) electrons. The highest BCUT2D eigenvalue weighted by Crippen LogP contribution is 2.26. The Labute approximate surface area is 190 Å². The van der Waals surface area contributed by atoms with E-state index in [4.69, 9.17) is 21.1 Å². The van der Waals surface area contributed by atoms with Gasteiger partial charge in [0.15, 0.2) is 0 Å². The second-order valence-corrected chi connectivity index (χ2v) is 7.97. The average Bonchev–Trinajstić information content (AvgIpc) is 2.78. The maximum atomic E-state index is 11.2. The van der Waals surface area contributed by atoms with Crippen LogP contribution in [0.5, 0.6) is 0 Å². The van der Waals surface area contributed by atoms with Gasteiger partial charge in [-0.15, -0.1) is 0 Å². The van der Waals surface area contributed by atoms with Crippen LogP contribution in [0.25, 0.3) is 11.1 Å². The van der Waals surface area contributed by atoms with Gasteiger partial charge >= 0.3 is 5.97 Å². The van der Waals surface area contributed by atoms with Crippen molar-refractivity contribution in [3.63, 3.8) is 0 Å². The second-order valence-electron chi connectivity index (χ2n) is 7.53. The molecule has 0 bridgehead atoms. The monoisotopic (exact) mass is 442 g/mol. The highest BCUT2D eigenvalue weighted by Gasteiger charge is 2.17. The quantitative estimate of drug-likeness (QED) is 0.312. The zero-order valence-corrected chi connectivity index (χ0v) is 18.9. The number of benzene rings is 2. The number of carbonyl (C=O) groups is 1. The molecule has 0 saturated carbocycles. The molecule has 1 saturated heterocycles. The summed E-state index contributed by atoms with van der Waals surface area (Å²) in [5.41, 5.74) is 3.82. The zero-order valence-electron chi connectivity index (χ0n) is 18.1. The highest BCUT2D eigenvalue weighted by molar-refractivity contribution is 6.30. The largest absolute Gasteiger partial charge is 0.464 e. The molecule has 166 valence electrons. The molecule has 0 spiro atoms. The van der Waals surface area contributed by atoms with Crippen LogP contribution in [0, 0.1) is 0 Å². The van der Waals surface area contributed by atoms with Crippen LogP contribution in [0.15, 0.2) is 60.7 Å². The lowest BCUT2D eigenvalue weighted by Gasteiger charge is -2.34. The van der Waals surface area contributed by atoms with E-state index in [9.17, 15) is 4.79 Å². The molecular weight excluding hydrogens is 412 g/mol. The Balaban J connectivity index is 1.41. The molecule has 6 heteroatoms. The minimum Gasteiger partial charge on any atom is -0.464 e. The normalized spacial score (nSPS) is 15.4. The Bertz CT molecular complexity index is 846. The van der Waals surface area contributed by atoms with Crippen molar-refractivity contribution in [1.82, 2.24) is 9.80 Å². The number of hydrogen-bond acceptors (Lipinski definition) is 5. The first kappa shape index (κ1) is 23.5. The van der Waals surface area contributed by atoms with E-state index in [0.29, 0.717) is 13.2 Å². The molecular formula is C25H31ClN2O3. The van der Waals surface area contributed by atoms with E-state index in [2.05, 4.69) is 52.3 Å². The summed E-state index contributed by atoms with van der Waals surface area (Å²) in [5, 5.41) is 0.761. The third kappa shape index (κ3) is 7.78. The van der Waals surface area contributed by atoms with E-state index >= 15 is 0 Å². The van der Waals surface area contributed by atoms with Gasteiger partial charge in [0.25, 0.3) is 0 Å². The fraction of sp³-hybridized carbons (Fsp3) is 0.400. The molecule has 2 aromatic rings. The van der Waals surface area contributed by atoms with E-state index in [-0.39, 0.29) is 12.6 Å². The first-order chi connectivity index (χ1) is 15.2. The van der Waals surface area contributed by atoms with Crippen LogP contribution < -0.4 is 0 Å². The van der Waals surface area contributed by atoms with Crippen LogP contribution in [0.3, 0.4) is 0 Å². The van der Waals surface area contributed by atoms with Crippen LogP contribution in [-0.2, 0) is 20.8 Å². The summed E-state index contributed by atoms with van der Waals surface area (Å²) in [7, 11) is 0. The predicted molar refractivity (Wildman–Crippen MR) is 125 cm³/mol. The lowest BCUT2D eigenvalue weighted by atomic mass is 9.99. The van der Waals surface area contributed by atoms with Gasteiger partial charge < -0.3 is 9.47 Å². The maximum Gasteiger partial charge on any atom is 0.332 e. The lowest BCUT2D eigenvalue weighted by molar-refractivity contribution is -0.147. The zero-order chi connectivity index (χ0) is 21.9. The van der Waals surface area contributed by atoms with Gasteiger partial charge in [0.1, 0.15) is 6.61 Å². The van der Waals surface area contributed by atoms with Gasteiger partial charge in [-0.2, -0.15) is 0 Å². The van der Waals surface area contributed by atoms with E-state index < -0.39 is 0 Å². The van der Waals surface area contributed by atoms with Crippen molar-refractivity contribution in [3.05, 3.63) is 71.3 Å². The van der Waals surface area contributed by atoms with Crippen molar-refractivity contribution in [1.29, 1.82) is 0 Å². The van der Waals surface area contributed by atoms with Gasteiger partial charge in [0.05, 0.1) is 13.2 Å². The third-order valence-corrected chi connectivity index (χ3v) is 5.55. The van der Waals surface area contributed by atoms with E-state index in [0.717, 1.165) is 44.3 Å². The summed E-state index contributed by atoms with van der Waals surface area (Å²) in [5.74, 6) is -0.315. The number of carbonyl (C=O) groups excluding carboxylic acids is 1. The molecule has 0 atom stereocenters. The minimum absolute atomic E-state index is 0.00828. The fourth-order valence-corrected chi connectivity index (χ4v) is 3.77. The van der Waals surface area contributed by atoms with E-state index in [1.165, 1.54) is 16.7 Å². The molecule has 1 aliphatic rings. The molecule has 0 N–H and O–H groups in total. The second kappa shape index (κ2) is 12.6. The topological polar surface area (TPSA) is 42.0 Å². The number of rotatable bonds is 10. The Morgan fingerprint density at radius 2 is 1.71 bits per heavy atom. The van der Waals surface area contributed by atoms with Crippen molar-refractivity contribution in [3.8, 4) is 11.1 Å². The molecule has 3 rings (SSSR count). The number of esters is 1. The number of ether oxygens (including phenoxy) is 2. The van der Waals surface area contributed by atoms with Crippen LogP contribution in [0.2, 0.25) is 5.02 Å². The number of halogens is 1. The summed E-state index contributed by atoms with van der Waals surface area (Å²) in [4.78, 5) is 16.2. The predicted octanol–water partition coefficient (Wildman–Crippen LogP) is 4.26. The maximum absolute atomic E-state index is 11.2. The first-order valence-electron chi connectivity index (χ1n) is 10.8. The lowest BCUT2D eigenvalue weighted by Crippen LogP contribution is -2.45. The molecule has 31 heavy (non-hydrogen) atoms. The molecule has 1 fully saturated rings. The molecule has 1 aliphatic heterocycles. The van der Waals surface area contributed by atoms with Crippen LogP contribution in [0.1, 0.15) is 12.5 Å². The van der Waals surface area contributed by atoms with Crippen LogP contribution in [0.4, 0.5) is 0 Å². The molecule has 5 nitrogen and oxygen atoms in total. The Hall–Kier alpha value is -2.18. The highest BCUT2D eigenvalue weighted by atomic mass is 35.5. The Morgan fingerprint density at radius 1 is 1.00 bits per heavy atom. The third-order valence-electron chi connectivity index (χ3n) is 5.30. The molecule has 1 heterocycles. The van der Waals surface area contributed by atoms with Gasteiger partial charge in [-0.05, 0) is 35.7 Å². The Morgan fingerprint density at radius 3 is 2.45 bits per heavy atom. The van der Waals surface area contributed by atoms with Gasteiger partial charge in [-0.3, -0.25) is 9.80 Å². The number of nitrogens with zero attached hydrogens (tertiary/aromatic N) is 2. The van der Waals surface area contributed by atoms with Crippen molar-refractivity contribution in [2.24, 2.45) is 0 Å². The molecule has 0 amide bonds. The van der Waals surface area contributed by atoms with E-state index in [1.54, 1.807) is 6.92 Å². The van der Waals surface area contributed by atoms with Gasteiger partial charge in [0, 0.05) is 44.3 Å². The number of hydrogen-bond donors (Lipinski definition) is 0. The number of piperazine rings is 1. The average molecular weight is 443 g/mol. The summed E-state index contributed by atoms with van der Waals surface area (Å²) >= 11 is 6.05. The van der Waals surface area contributed by atoms with Crippen molar-refractivity contribution in [2.75, 3.05) is 52.5 Å². The summed E-state index contributed by atoms with van der Waals surface area (Å²) < 4.78 is 10.1. The van der Waals surface area contributed by atoms with Gasteiger partial charge in [0.2, 0.25) is 0 Å². The minimum atomic E-state index is -0.315. The molecule has 0 unspecified atom stereocenters. The summed E-state index contributed by atoms with van der Waals surface area (Å²) in [6, 6.07) is 16.7. The van der Waals surface area contributed by atoms with Crippen molar-refractivity contribution < 1.29 is 14.3 Å². The van der Waals surface area contributed by atoms with E-state index in [1.807, 2.05) is 18.2 Å². The molecule has 2 aromatic carbocycles. The van der Waals surface area contributed by atoms with Gasteiger partial charge in [-0.1, -0.05) is 60.2 Å².